The van der Waals surface area contributed by atoms with Crippen molar-refractivity contribution in [3.63, 3.8) is 0 Å². The fourth-order valence-electron chi connectivity index (χ4n) is 2.89. The summed E-state index contributed by atoms with van der Waals surface area (Å²) >= 11 is 0. The molecule has 0 aliphatic rings. The Bertz CT molecular complexity index is 939. The second-order valence-electron chi connectivity index (χ2n) is 5.49. The molecule has 1 aromatic heterocycles. The van der Waals surface area contributed by atoms with E-state index in [9.17, 15) is 0 Å². The lowest BCUT2D eigenvalue weighted by molar-refractivity contribution is 0.918. The van der Waals surface area contributed by atoms with Gasteiger partial charge >= 0.3 is 0 Å². The van der Waals surface area contributed by atoms with E-state index in [2.05, 4.69) is 47.4 Å². The van der Waals surface area contributed by atoms with Gasteiger partial charge in [-0.1, -0.05) is 54.6 Å². The number of fused-ring (bicyclic) bond motifs is 2. The van der Waals surface area contributed by atoms with Crippen molar-refractivity contribution in [2.24, 2.45) is 0 Å². The fourth-order valence-corrected chi connectivity index (χ4v) is 2.89. The maximum Gasteiger partial charge on any atom is 0.0890 e. The molecule has 0 bridgehead atoms. The molecule has 2 nitrogen and oxygen atoms in total. The first kappa shape index (κ1) is 13.0. The Morgan fingerprint density at radius 3 is 2.41 bits per heavy atom. The SMILES string of the molecule is c1ccc2c(CCc3cnc4ccccc4n3)cccc2c1. The van der Waals surface area contributed by atoms with Crippen LogP contribution in [0, 0.1) is 0 Å². The van der Waals surface area contributed by atoms with Gasteiger partial charge in [-0.25, -0.2) is 4.98 Å². The number of rotatable bonds is 3. The summed E-state index contributed by atoms with van der Waals surface area (Å²) in [5, 5.41) is 2.63. The summed E-state index contributed by atoms with van der Waals surface area (Å²) in [7, 11) is 0. The highest BCUT2D eigenvalue weighted by molar-refractivity contribution is 5.85. The number of hydrogen-bond donors (Lipinski definition) is 0. The molecule has 0 saturated carbocycles. The van der Waals surface area contributed by atoms with Gasteiger partial charge in [0, 0.05) is 6.20 Å². The summed E-state index contributed by atoms with van der Waals surface area (Å²) in [6.45, 7) is 0. The van der Waals surface area contributed by atoms with Crippen molar-refractivity contribution in [3.05, 3.63) is 84.2 Å². The van der Waals surface area contributed by atoms with E-state index in [1.54, 1.807) is 0 Å². The van der Waals surface area contributed by atoms with Gasteiger partial charge in [-0.2, -0.15) is 0 Å². The molecule has 106 valence electrons. The van der Waals surface area contributed by atoms with Crippen molar-refractivity contribution in [1.82, 2.24) is 9.97 Å². The van der Waals surface area contributed by atoms with Gasteiger partial charge in [-0.3, -0.25) is 4.98 Å². The van der Waals surface area contributed by atoms with Gasteiger partial charge in [0.2, 0.25) is 0 Å². The molecule has 0 amide bonds. The van der Waals surface area contributed by atoms with Crippen LogP contribution in [-0.2, 0) is 12.8 Å². The predicted octanol–water partition coefficient (Wildman–Crippen LogP) is 4.57. The van der Waals surface area contributed by atoms with Crippen LogP contribution in [0.1, 0.15) is 11.3 Å². The van der Waals surface area contributed by atoms with E-state index in [0.29, 0.717) is 0 Å². The lowest BCUT2D eigenvalue weighted by Gasteiger charge is -2.07. The van der Waals surface area contributed by atoms with E-state index in [4.69, 9.17) is 4.98 Å². The molecule has 0 aliphatic heterocycles. The minimum absolute atomic E-state index is 0.909. The lowest BCUT2D eigenvalue weighted by atomic mass is 10.0. The molecule has 2 heteroatoms. The first-order chi connectivity index (χ1) is 10.9. The van der Waals surface area contributed by atoms with Crippen LogP contribution in [0.3, 0.4) is 0 Å². The first-order valence-electron chi connectivity index (χ1n) is 7.57. The van der Waals surface area contributed by atoms with Crippen molar-refractivity contribution < 1.29 is 0 Å². The summed E-state index contributed by atoms with van der Waals surface area (Å²) < 4.78 is 0. The summed E-state index contributed by atoms with van der Waals surface area (Å²) in [5.41, 5.74) is 4.34. The summed E-state index contributed by atoms with van der Waals surface area (Å²) in [5.74, 6) is 0. The highest BCUT2D eigenvalue weighted by Crippen LogP contribution is 2.20. The monoisotopic (exact) mass is 284 g/mol. The standard InChI is InChI=1S/C20H16N2/c1-2-9-18-15(6-1)7-5-8-16(18)12-13-17-14-21-19-10-3-4-11-20(19)22-17/h1-11,14H,12-13H2. The quantitative estimate of drug-likeness (QED) is 0.551. The zero-order chi connectivity index (χ0) is 14.8. The minimum Gasteiger partial charge on any atom is -0.253 e. The molecule has 3 aromatic carbocycles. The predicted molar refractivity (Wildman–Crippen MR) is 90.9 cm³/mol. The molecule has 0 unspecified atom stereocenters. The molecule has 1 heterocycles. The van der Waals surface area contributed by atoms with E-state index in [1.807, 2.05) is 30.5 Å². The van der Waals surface area contributed by atoms with Crippen LogP contribution in [0.15, 0.2) is 72.9 Å². The largest absolute Gasteiger partial charge is 0.253 e. The second-order valence-corrected chi connectivity index (χ2v) is 5.49. The van der Waals surface area contributed by atoms with E-state index in [0.717, 1.165) is 29.6 Å². The molecule has 0 fully saturated rings. The van der Waals surface area contributed by atoms with Crippen LogP contribution in [-0.4, -0.2) is 9.97 Å². The van der Waals surface area contributed by atoms with Crippen molar-refractivity contribution in [2.45, 2.75) is 12.8 Å². The second kappa shape index (κ2) is 5.57. The number of aromatic nitrogens is 2. The minimum atomic E-state index is 0.909. The van der Waals surface area contributed by atoms with Gasteiger partial charge in [0.25, 0.3) is 0 Å². The zero-order valence-corrected chi connectivity index (χ0v) is 12.2. The van der Waals surface area contributed by atoms with E-state index >= 15 is 0 Å². The van der Waals surface area contributed by atoms with E-state index in [-0.39, 0.29) is 0 Å². The van der Waals surface area contributed by atoms with Gasteiger partial charge in [0.1, 0.15) is 0 Å². The molecular formula is C20H16N2. The Kier molecular flexibility index (Phi) is 3.28. The van der Waals surface area contributed by atoms with Gasteiger partial charge < -0.3 is 0 Å². The third kappa shape index (κ3) is 2.44. The molecule has 0 radical (unpaired) electrons. The third-order valence-electron chi connectivity index (χ3n) is 4.03. The Balaban J connectivity index is 1.63. The van der Waals surface area contributed by atoms with Crippen LogP contribution in [0.4, 0.5) is 0 Å². The van der Waals surface area contributed by atoms with Crippen molar-refractivity contribution in [2.75, 3.05) is 0 Å². The molecule has 0 spiro atoms. The number of hydrogen-bond acceptors (Lipinski definition) is 2. The zero-order valence-electron chi connectivity index (χ0n) is 12.2. The Morgan fingerprint density at radius 2 is 1.45 bits per heavy atom. The van der Waals surface area contributed by atoms with Crippen LogP contribution in [0.5, 0.6) is 0 Å². The highest BCUT2D eigenvalue weighted by Gasteiger charge is 2.03. The van der Waals surface area contributed by atoms with Crippen LogP contribution in [0.25, 0.3) is 21.8 Å². The van der Waals surface area contributed by atoms with Gasteiger partial charge in [0.05, 0.1) is 16.7 Å². The van der Waals surface area contributed by atoms with Crippen LogP contribution >= 0.6 is 0 Å². The van der Waals surface area contributed by atoms with Crippen molar-refractivity contribution in [3.8, 4) is 0 Å². The Morgan fingerprint density at radius 1 is 0.682 bits per heavy atom. The van der Waals surface area contributed by atoms with Crippen molar-refractivity contribution in [1.29, 1.82) is 0 Å². The fraction of sp³-hybridized carbons (Fsp3) is 0.100. The first-order valence-corrected chi connectivity index (χ1v) is 7.57. The molecule has 0 N–H and O–H groups in total. The average Bonchev–Trinajstić information content (AvgIpc) is 2.60. The lowest BCUT2D eigenvalue weighted by Crippen LogP contribution is -1.97. The maximum atomic E-state index is 4.71. The van der Waals surface area contributed by atoms with Gasteiger partial charge in [0.15, 0.2) is 0 Å². The summed E-state index contributed by atoms with van der Waals surface area (Å²) in [6, 6.07) is 23.0. The van der Waals surface area contributed by atoms with Gasteiger partial charge in [-0.15, -0.1) is 0 Å². The maximum absolute atomic E-state index is 4.71. The summed E-state index contributed by atoms with van der Waals surface area (Å²) in [4.78, 5) is 9.20. The molecule has 22 heavy (non-hydrogen) atoms. The Labute approximate surface area is 129 Å². The molecule has 4 aromatic rings. The van der Waals surface area contributed by atoms with E-state index in [1.165, 1.54) is 16.3 Å². The number of aryl methyl sites for hydroxylation is 2. The third-order valence-corrected chi connectivity index (χ3v) is 4.03. The topological polar surface area (TPSA) is 25.8 Å². The normalized spacial score (nSPS) is 11.1. The van der Waals surface area contributed by atoms with Crippen molar-refractivity contribution >= 4 is 21.8 Å². The van der Waals surface area contributed by atoms with Crippen LogP contribution < -0.4 is 0 Å². The highest BCUT2D eigenvalue weighted by atomic mass is 14.8. The summed E-state index contributed by atoms with van der Waals surface area (Å²) in [6.07, 6.45) is 3.79. The van der Waals surface area contributed by atoms with Gasteiger partial charge in [-0.05, 0) is 41.3 Å². The van der Waals surface area contributed by atoms with E-state index < -0.39 is 0 Å². The smallest absolute Gasteiger partial charge is 0.0890 e. The molecular weight excluding hydrogens is 268 g/mol. The number of benzene rings is 3. The Hall–Kier alpha value is -2.74. The number of nitrogens with zero attached hydrogens (tertiary/aromatic N) is 2. The molecule has 0 atom stereocenters. The molecule has 4 rings (SSSR count). The molecule has 0 saturated heterocycles. The molecule has 0 aliphatic carbocycles. The average molecular weight is 284 g/mol. The number of para-hydroxylation sites is 2. The van der Waals surface area contributed by atoms with Crippen LogP contribution in [0.2, 0.25) is 0 Å².